The van der Waals surface area contributed by atoms with Crippen LogP contribution in [0.3, 0.4) is 0 Å². The van der Waals surface area contributed by atoms with Gasteiger partial charge in [-0.05, 0) is 52.4 Å². The molecule has 0 N–H and O–H groups in total. The van der Waals surface area contributed by atoms with Crippen molar-refractivity contribution >= 4 is 11.7 Å². The number of carbonyl (C=O) groups is 1. The van der Waals surface area contributed by atoms with Gasteiger partial charge in [-0.2, -0.15) is 0 Å². The molecule has 6 nitrogen and oxygen atoms in total. The monoisotopic (exact) mass is 400 g/mol. The number of hydrogen-bond donors (Lipinski definition) is 0. The van der Waals surface area contributed by atoms with E-state index in [1.807, 2.05) is 6.92 Å². The third-order valence-corrected chi connectivity index (χ3v) is 6.68. The molecule has 1 aromatic heterocycles. The first-order chi connectivity index (χ1) is 13.8. The van der Waals surface area contributed by atoms with Crippen molar-refractivity contribution in [1.29, 1.82) is 0 Å². The van der Waals surface area contributed by atoms with Crippen molar-refractivity contribution in [3.63, 3.8) is 0 Å². The summed E-state index contributed by atoms with van der Waals surface area (Å²) in [6.07, 6.45) is 5.33. The minimum absolute atomic E-state index is 0.00614. The quantitative estimate of drug-likeness (QED) is 0.779. The molecule has 1 spiro atoms. The first kappa shape index (κ1) is 20.6. The van der Waals surface area contributed by atoms with E-state index in [4.69, 9.17) is 14.7 Å². The second kappa shape index (κ2) is 7.86. The van der Waals surface area contributed by atoms with E-state index in [2.05, 4.69) is 37.5 Å². The topological polar surface area (TPSA) is 58.6 Å². The predicted molar refractivity (Wildman–Crippen MR) is 114 cm³/mol. The molecular formula is C23H36N4O2. The summed E-state index contributed by atoms with van der Waals surface area (Å²) in [5.74, 6) is 2.65. The number of fused-ring (bicyclic) bond motifs is 2. The standard InChI is InChI=1S/C23H36N4O2/c1-15(2)11-20(28)26-10-6-8-23(14-26)9-7-19-21(23)24-18(5)25-22(19)27-12-16(3)29-17(4)13-27/h15-17H,6-14H2,1-5H3/t16-,17+,23?. The number of anilines is 1. The van der Waals surface area contributed by atoms with Gasteiger partial charge in [0.1, 0.15) is 11.6 Å². The molecule has 2 saturated heterocycles. The summed E-state index contributed by atoms with van der Waals surface area (Å²) in [4.78, 5) is 27.1. The zero-order valence-electron chi connectivity index (χ0n) is 18.7. The average Bonchev–Trinajstić information content (AvgIpc) is 2.97. The van der Waals surface area contributed by atoms with Crippen molar-refractivity contribution in [3.05, 3.63) is 17.1 Å². The Labute approximate surface area is 175 Å². The van der Waals surface area contributed by atoms with Crippen LogP contribution in [0.4, 0.5) is 5.82 Å². The summed E-state index contributed by atoms with van der Waals surface area (Å²) < 4.78 is 5.94. The number of ether oxygens (including phenoxy) is 1. The third-order valence-electron chi connectivity index (χ3n) is 6.68. The zero-order valence-corrected chi connectivity index (χ0v) is 18.7. The normalized spacial score (nSPS) is 29.6. The maximum atomic E-state index is 12.8. The van der Waals surface area contributed by atoms with Crippen LogP contribution in [-0.4, -0.2) is 59.2 Å². The number of likely N-dealkylation sites (tertiary alicyclic amines) is 1. The van der Waals surface area contributed by atoms with Crippen LogP contribution in [0.25, 0.3) is 0 Å². The summed E-state index contributed by atoms with van der Waals surface area (Å²) >= 11 is 0. The van der Waals surface area contributed by atoms with Gasteiger partial charge in [0.05, 0.1) is 17.9 Å². The van der Waals surface area contributed by atoms with E-state index < -0.39 is 0 Å². The molecule has 160 valence electrons. The molecule has 0 saturated carbocycles. The number of carbonyl (C=O) groups excluding carboxylic acids is 1. The van der Waals surface area contributed by atoms with Crippen molar-refractivity contribution < 1.29 is 9.53 Å². The minimum atomic E-state index is 0.00614. The molecule has 1 aromatic rings. The van der Waals surface area contributed by atoms with Gasteiger partial charge >= 0.3 is 0 Å². The molecule has 3 atom stereocenters. The number of rotatable bonds is 3. The summed E-state index contributed by atoms with van der Waals surface area (Å²) in [6, 6.07) is 0. The third kappa shape index (κ3) is 4.00. The fourth-order valence-electron chi connectivity index (χ4n) is 5.57. The van der Waals surface area contributed by atoms with Crippen molar-refractivity contribution in [2.24, 2.45) is 5.92 Å². The maximum absolute atomic E-state index is 12.8. The molecule has 1 unspecified atom stereocenters. The first-order valence-electron chi connectivity index (χ1n) is 11.3. The molecule has 0 bridgehead atoms. The van der Waals surface area contributed by atoms with Gasteiger partial charge in [0, 0.05) is 43.6 Å². The Morgan fingerprint density at radius 3 is 2.62 bits per heavy atom. The Bertz CT molecular complexity index is 770. The largest absolute Gasteiger partial charge is 0.372 e. The van der Waals surface area contributed by atoms with Crippen molar-refractivity contribution in [2.45, 2.75) is 84.3 Å². The number of hydrogen-bond acceptors (Lipinski definition) is 5. The smallest absolute Gasteiger partial charge is 0.222 e. The van der Waals surface area contributed by atoms with E-state index in [0.29, 0.717) is 18.2 Å². The molecule has 29 heavy (non-hydrogen) atoms. The molecule has 0 radical (unpaired) electrons. The van der Waals surface area contributed by atoms with Crippen LogP contribution < -0.4 is 4.90 Å². The molecule has 0 aromatic carbocycles. The number of aromatic nitrogens is 2. The number of nitrogens with zero attached hydrogens (tertiary/aromatic N) is 4. The SMILES string of the molecule is Cc1nc(N2C[C@@H](C)O[C@@H](C)C2)c2c(n1)C1(CCCN(C(=O)CC(C)C)C1)CC2. The molecule has 1 amide bonds. The summed E-state index contributed by atoms with van der Waals surface area (Å²) in [5.41, 5.74) is 2.54. The minimum Gasteiger partial charge on any atom is -0.372 e. The second-order valence-electron chi connectivity index (χ2n) is 9.88. The fourth-order valence-corrected chi connectivity index (χ4v) is 5.57. The molecule has 2 fully saturated rings. The Balaban J connectivity index is 1.65. The fraction of sp³-hybridized carbons (Fsp3) is 0.783. The maximum Gasteiger partial charge on any atom is 0.222 e. The average molecular weight is 401 g/mol. The van der Waals surface area contributed by atoms with Crippen LogP contribution in [0.2, 0.25) is 0 Å². The molecule has 2 aliphatic heterocycles. The summed E-state index contributed by atoms with van der Waals surface area (Å²) in [6.45, 7) is 14.0. The van der Waals surface area contributed by atoms with Crippen LogP contribution in [0, 0.1) is 12.8 Å². The highest BCUT2D eigenvalue weighted by Crippen LogP contribution is 2.46. The van der Waals surface area contributed by atoms with Gasteiger partial charge in [0.2, 0.25) is 5.91 Å². The number of aryl methyl sites for hydroxylation is 1. The molecule has 1 aliphatic carbocycles. The van der Waals surface area contributed by atoms with Gasteiger partial charge in [-0.25, -0.2) is 9.97 Å². The Morgan fingerprint density at radius 1 is 1.21 bits per heavy atom. The summed E-state index contributed by atoms with van der Waals surface area (Å²) in [5, 5.41) is 0. The van der Waals surface area contributed by atoms with Gasteiger partial charge in [0.15, 0.2) is 0 Å². The Morgan fingerprint density at radius 2 is 1.93 bits per heavy atom. The van der Waals surface area contributed by atoms with E-state index in [-0.39, 0.29) is 17.6 Å². The van der Waals surface area contributed by atoms with E-state index in [1.165, 1.54) is 11.3 Å². The number of amides is 1. The van der Waals surface area contributed by atoms with Crippen molar-refractivity contribution in [3.8, 4) is 0 Å². The highest BCUT2D eigenvalue weighted by molar-refractivity contribution is 5.76. The molecule has 4 rings (SSSR count). The van der Waals surface area contributed by atoms with E-state index in [1.54, 1.807) is 0 Å². The highest BCUT2D eigenvalue weighted by atomic mass is 16.5. The van der Waals surface area contributed by atoms with Gasteiger partial charge in [0.25, 0.3) is 0 Å². The lowest BCUT2D eigenvalue weighted by molar-refractivity contribution is -0.134. The van der Waals surface area contributed by atoms with E-state index >= 15 is 0 Å². The lowest BCUT2D eigenvalue weighted by Crippen LogP contribution is -2.48. The molecule has 3 heterocycles. The number of piperidine rings is 1. The zero-order chi connectivity index (χ0) is 20.8. The van der Waals surface area contributed by atoms with Crippen LogP contribution in [0.15, 0.2) is 0 Å². The van der Waals surface area contributed by atoms with Crippen molar-refractivity contribution in [1.82, 2.24) is 14.9 Å². The second-order valence-corrected chi connectivity index (χ2v) is 9.88. The van der Waals surface area contributed by atoms with Gasteiger partial charge in [-0.3, -0.25) is 4.79 Å². The van der Waals surface area contributed by atoms with Crippen LogP contribution in [0.1, 0.15) is 70.5 Å². The first-order valence-corrected chi connectivity index (χ1v) is 11.3. The highest BCUT2D eigenvalue weighted by Gasteiger charge is 2.46. The predicted octanol–water partition coefficient (Wildman–Crippen LogP) is 3.25. The Kier molecular flexibility index (Phi) is 5.58. The van der Waals surface area contributed by atoms with Crippen LogP contribution >= 0.6 is 0 Å². The lowest BCUT2D eigenvalue weighted by Gasteiger charge is -2.41. The molecule has 3 aliphatic rings. The number of morpholine rings is 1. The summed E-state index contributed by atoms with van der Waals surface area (Å²) in [7, 11) is 0. The van der Waals surface area contributed by atoms with Crippen LogP contribution in [-0.2, 0) is 21.4 Å². The Hall–Kier alpha value is -1.69. The van der Waals surface area contributed by atoms with Gasteiger partial charge in [-0.15, -0.1) is 0 Å². The van der Waals surface area contributed by atoms with E-state index in [0.717, 1.165) is 63.5 Å². The van der Waals surface area contributed by atoms with Gasteiger partial charge in [-0.1, -0.05) is 13.8 Å². The van der Waals surface area contributed by atoms with Crippen molar-refractivity contribution in [2.75, 3.05) is 31.1 Å². The van der Waals surface area contributed by atoms with E-state index in [9.17, 15) is 4.79 Å². The molecule has 6 heteroatoms. The van der Waals surface area contributed by atoms with Gasteiger partial charge < -0.3 is 14.5 Å². The van der Waals surface area contributed by atoms with Crippen LogP contribution in [0.5, 0.6) is 0 Å². The molecular weight excluding hydrogens is 364 g/mol. The lowest BCUT2D eigenvalue weighted by atomic mass is 9.77.